The van der Waals surface area contributed by atoms with E-state index in [1.807, 2.05) is 4.90 Å². The number of carbonyl (C=O) groups excluding carboxylic acids is 1. The second kappa shape index (κ2) is 6.53. The molecule has 3 N–H and O–H groups in total. The van der Waals surface area contributed by atoms with E-state index >= 15 is 0 Å². The number of aliphatic hydroxyl groups is 1. The number of nitrogens with two attached hydrogens (primary N) is 1. The zero-order valence-electron chi connectivity index (χ0n) is 11.2. The van der Waals surface area contributed by atoms with Crippen LogP contribution < -0.4 is 5.73 Å². The Bertz CT molecular complexity index is 273. The van der Waals surface area contributed by atoms with Gasteiger partial charge in [0, 0.05) is 19.0 Å². The van der Waals surface area contributed by atoms with Crippen LogP contribution in [0, 0.1) is 11.8 Å². The van der Waals surface area contributed by atoms with Gasteiger partial charge < -0.3 is 15.7 Å². The highest BCUT2D eigenvalue weighted by atomic mass is 16.3. The molecule has 2 fully saturated rings. The molecule has 2 aliphatic rings. The Morgan fingerprint density at radius 1 is 1.22 bits per heavy atom. The van der Waals surface area contributed by atoms with Gasteiger partial charge in [-0.15, -0.1) is 0 Å². The highest BCUT2D eigenvalue weighted by Crippen LogP contribution is 2.32. The Labute approximate surface area is 110 Å². The molecule has 0 radical (unpaired) electrons. The summed E-state index contributed by atoms with van der Waals surface area (Å²) in [6.45, 7) is 2.21. The molecule has 2 atom stereocenters. The molecule has 0 aromatic rings. The first-order valence-electron chi connectivity index (χ1n) is 7.37. The van der Waals surface area contributed by atoms with Crippen LogP contribution in [-0.4, -0.2) is 41.7 Å². The summed E-state index contributed by atoms with van der Waals surface area (Å²) < 4.78 is 0. The van der Waals surface area contributed by atoms with Gasteiger partial charge in [-0.05, 0) is 44.6 Å². The fraction of sp³-hybridized carbons (Fsp3) is 0.929. The number of hydrogen-bond acceptors (Lipinski definition) is 3. The van der Waals surface area contributed by atoms with Crippen molar-refractivity contribution in [1.29, 1.82) is 0 Å². The highest BCUT2D eigenvalue weighted by Gasteiger charge is 2.31. The van der Waals surface area contributed by atoms with Gasteiger partial charge >= 0.3 is 0 Å². The number of hydrogen-bond donors (Lipinski definition) is 2. The van der Waals surface area contributed by atoms with Gasteiger partial charge in [0.1, 0.15) is 0 Å². The summed E-state index contributed by atoms with van der Waals surface area (Å²) in [7, 11) is 0. The van der Waals surface area contributed by atoms with Gasteiger partial charge in [0.05, 0.1) is 6.10 Å². The van der Waals surface area contributed by atoms with E-state index in [1.165, 1.54) is 6.42 Å². The standard InChI is InChI=1S/C14H26N2O2/c15-7-4-11-2-1-3-12(10-11)14(18)16-8-5-13(17)6-9-16/h11-13,17H,1-10,15H2. The van der Waals surface area contributed by atoms with Crippen molar-refractivity contribution < 1.29 is 9.90 Å². The predicted octanol–water partition coefficient (Wildman–Crippen LogP) is 1.12. The van der Waals surface area contributed by atoms with Crippen molar-refractivity contribution >= 4 is 5.91 Å². The van der Waals surface area contributed by atoms with E-state index in [4.69, 9.17) is 5.73 Å². The van der Waals surface area contributed by atoms with Crippen LogP contribution >= 0.6 is 0 Å². The van der Waals surface area contributed by atoms with E-state index in [-0.39, 0.29) is 12.0 Å². The third kappa shape index (κ3) is 3.45. The molecule has 4 heteroatoms. The molecule has 1 aliphatic carbocycles. The lowest BCUT2D eigenvalue weighted by Gasteiger charge is -2.35. The van der Waals surface area contributed by atoms with Crippen molar-refractivity contribution in [1.82, 2.24) is 4.90 Å². The molecule has 18 heavy (non-hydrogen) atoms. The van der Waals surface area contributed by atoms with Gasteiger partial charge in [-0.2, -0.15) is 0 Å². The van der Waals surface area contributed by atoms with E-state index < -0.39 is 0 Å². The first-order chi connectivity index (χ1) is 8.70. The van der Waals surface area contributed by atoms with Gasteiger partial charge in [-0.3, -0.25) is 4.79 Å². The summed E-state index contributed by atoms with van der Waals surface area (Å²) in [6.07, 6.45) is 6.80. The Morgan fingerprint density at radius 3 is 2.61 bits per heavy atom. The molecule has 0 aromatic heterocycles. The van der Waals surface area contributed by atoms with E-state index in [0.29, 0.717) is 11.8 Å². The summed E-state index contributed by atoms with van der Waals surface area (Å²) in [6, 6.07) is 0. The van der Waals surface area contributed by atoms with E-state index in [1.54, 1.807) is 0 Å². The maximum Gasteiger partial charge on any atom is 0.225 e. The number of carbonyl (C=O) groups is 1. The summed E-state index contributed by atoms with van der Waals surface area (Å²) in [5.74, 6) is 1.18. The van der Waals surface area contributed by atoms with Crippen molar-refractivity contribution in [2.45, 2.75) is 51.0 Å². The molecule has 0 aromatic carbocycles. The summed E-state index contributed by atoms with van der Waals surface area (Å²) in [5.41, 5.74) is 5.62. The summed E-state index contributed by atoms with van der Waals surface area (Å²) >= 11 is 0. The molecule has 2 rings (SSSR count). The van der Waals surface area contributed by atoms with Gasteiger partial charge in [0.2, 0.25) is 5.91 Å². The second-order valence-electron chi connectivity index (χ2n) is 5.86. The quantitative estimate of drug-likeness (QED) is 0.793. The Hall–Kier alpha value is -0.610. The summed E-state index contributed by atoms with van der Waals surface area (Å²) in [4.78, 5) is 14.4. The van der Waals surface area contributed by atoms with Crippen LogP contribution in [0.25, 0.3) is 0 Å². The second-order valence-corrected chi connectivity index (χ2v) is 5.86. The van der Waals surface area contributed by atoms with Gasteiger partial charge in [0.15, 0.2) is 0 Å². The average molecular weight is 254 g/mol. The fourth-order valence-electron chi connectivity index (χ4n) is 3.36. The van der Waals surface area contributed by atoms with Crippen LogP contribution in [0.2, 0.25) is 0 Å². The van der Waals surface area contributed by atoms with E-state index in [9.17, 15) is 9.90 Å². The molecule has 104 valence electrons. The minimum Gasteiger partial charge on any atom is -0.393 e. The molecule has 1 saturated heterocycles. The van der Waals surface area contributed by atoms with Crippen molar-refractivity contribution in [2.75, 3.05) is 19.6 Å². The normalized spacial score (nSPS) is 30.4. The Balaban J connectivity index is 1.84. The third-order valence-electron chi connectivity index (χ3n) is 4.48. The Morgan fingerprint density at radius 2 is 1.94 bits per heavy atom. The minimum absolute atomic E-state index is 0.203. The zero-order valence-corrected chi connectivity index (χ0v) is 11.2. The van der Waals surface area contributed by atoms with Gasteiger partial charge in [-0.1, -0.05) is 12.8 Å². The number of piperidine rings is 1. The average Bonchev–Trinajstić information content (AvgIpc) is 2.39. The van der Waals surface area contributed by atoms with Gasteiger partial charge in [0.25, 0.3) is 0 Å². The van der Waals surface area contributed by atoms with Gasteiger partial charge in [-0.25, -0.2) is 0 Å². The molecule has 2 unspecified atom stereocenters. The largest absolute Gasteiger partial charge is 0.393 e. The smallest absolute Gasteiger partial charge is 0.225 e. The zero-order chi connectivity index (χ0) is 13.0. The Kier molecular flexibility index (Phi) is 5.01. The van der Waals surface area contributed by atoms with Crippen LogP contribution in [0.15, 0.2) is 0 Å². The van der Waals surface area contributed by atoms with Crippen LogP contribution in [-0.2, 0) is 4.79 Å². The number of nitrogens with zero attached hydrogens (tertiary/aromatic N) is 1. The summed E-state index contributed by atoms with van der Waals surface area (Å²) in [5, 5.41) is 9.48. The van der Waals surface area contributed by atoms with E-state index in [2.05, 4.69) is 0 Å². The van der Waals surface area contributed by atoms with Crippen molar-refractivity contribution in [3.63, 3.8) is 0 Å². The molecular weight excluding hydrogens is 228 g/mol. The van der Waals surface area contributed by atoms with Crippen LogP contribution in [0.3, 0.4) is 0 Å². The molecular formula is C14H26N2O2. The van der Waals surface area contributed by atoms with Crippen LogP contribution in [0.1, 0.15) is 44.9 Å². The molecule has 0 bridgehead atoms. The predicted molar refractivity (Wildman–Crippen MR) is 70.9 cm³/mol. The first kappa shape index (κ1) is 13.8. The topological polar surface area (TPSA) is 66.6 Å². The lowest BCUT2D eigenvalue weighted by molar-refractivity contribution is -0.139. The molecule has 1 saturated carbocycles. The molecule has 1 heterocycles. The van der Waals surface area contributed by atoms with Crippen molar-refractivity contribution in [2.24, 2.45) is 17.6 Å². The van der Waals surface area contributed by atoms with Crippen molar-refractivity contribution in [3.05, 3.63) is 0 Å². The number of aliphatic hydroxyl groups excluding tert-OH is 1. The molecule has 1 amide bonds. The SMILES string of the molecule is NCCC1CCCC(C(=O)N2CCC(O)CC2)C1. The van der Waals surface area contributed by atoms with E-state index in [0.717, 1.165) is 58.2 Å². The monoisotopic (exact) mass is 254 g/mol. The maximum absolute atomic E-state index is 12.4. The lowest BCUT2D eigenvalue weighted by atomic mass is 9.79. The molecule has 0 spiro atoms. The third-order valence-corrected chi connectivity index (χ3v) is 4.48. The van der Waals surface area contributed by atoms with Crippen LogP contribution in [0.5, 0.6) is 0 Å². The highest BCUT2D eigenvalue weighted by molar-refractivity contribution is 5.79. The number of amides is 1. The fourth-order valence-corrected chi connectivity index (χ4v) is 3.36. The molecule has 1 aliphatic heterocycles. The van der Waals surface area contributed by atoms with Crippen molar-refractivity contribution in [3.8, 4) is 0 Å². The lowest BCUT2D eigenvalue weighted by Crippen LogP contribution is -2.44. The number of likely N-dealkylation sites (tertiary alicyclic amines) is 1. The number of rotatable bonds is 3. The minimum atomic E-state index is -0.203. The maximum atomic E-state index is 12.4. The first-order valence-corrected chi connectivity index (χ1v) is 7.37. The van der Waals surface area contributed by atoms with Crippen LogP contribution in [0.4, 0.5) is 0 Å². The molecule has 4 nitrogen and oxygen atoms in total.